The minimum absolute atomic E-state index is 0.201. The number of hydrogen-bond donors (Lipinski definition) is 3. The summed E-state index contributed by atoms with van der Waals surface area (Å²) in [6.07, 6.45) is -3.70. The number of fused-ring (bicyclic) bond motifs is 1. The molecule has 2 saturated heterocycles. The van der Waals surface area contributed by atoms with E-state index in [4.69, 9.17) is 18.9 Å². The Kier molecular flexibility index (Phi) is 4.94. The standard InChI is InChI=1S/C17H24O7/c1-16(2)23-14-15(24-16)22-13(12(20)8-18)17(14,10-19)21-9-11-6-4-3-5-7-11/h3-7,12-15,18-20H,8-10H2,1-2H3/t12-,13-,14+,15-,17?/m1/s1. The van der Waals surface area contributed by atoms with Crippen LogP contribution in [0.1, 0.15) is 19.4 Å². The summed E-state index contributed by atoms with van der Waals surface area (Å²) in [5.41, 5.74) is -0.430. The number of aliphatic hydroxyl groups excluding tert-OH is 3. The maximum absolute atomic E-state index is 10.1. The SMILES string of the molecule is CC1(C)O[C@H]2O[C@H]([C@H](O)CO)C(CO)(OCc3ccccc3)[C@H]2O1. The van der Waals surface area contributed by atoms with E-state index in [1.54, 1.807) is 13.8 Å². The van der Waals surface area contributed by atoms with Crippen LogP contribution in [0.3, 0.4) is 0 Å². The van der Waals surface area contributed by atoms with Crippen LogP contribution in [0.4, 0.5) is 0 Å². The van der Waals surface area contributed by atoms with E-state index in [0.717, 1.165) is 5.56 Å². The molecule has 3 N–H and O–H groups in total. The first-order valence-electron chi connectivity index (χ1n) is 8.00. The van der Waals surface area contributed by atoms with Gasteiger partial charge in [-0.15, -0.1) is 0 Å². The van der Waals surface area contributed by atoms with Gasteiger partial charge in [-0.2, -0.15) is 0 Å². The Morgan fingerprint density at radius 3 is 2.50 bits per heavy atom. The lowest BCUT2D eigenvalue weighted by Crippen LogP contribution is -2.58. The van der Waals surface area contributed by atoms with Gasteiger partial charge in [-0.25, -0.2) is 0 Å². The minimum Gasteiger partial charge on any atom is -0.394 e. The van der Waals surface area contributed by atoms with E-state index < -0.39 is 49.2 Å². The highest BCUT2D eigenvalue weighted by Crippen LogP contribution is 2.46. The van der Waals surface area contributed by atoms with Crippen LogP contribution in [-0.4, -0.2) is 64.5 Å². The highest BCUT2D eigenvalue weighted by molar-refractivity contribution is 5.15. The summed E-state index contributed by atoms with van der Waals surface area (Å²) in [4.78, 5) is 0. The van der Waals surface area contributed by atoms with Crippen molar-refractivity contribution in [3.8, 4) is 0 Å². The van der Waals surface area contributed by atoms with Crippen LogP contribution in [0.25, 0.3) is 0 Å². The molecule has 0 radical (unpaired) electrons. The largest absolute Gasteiger partial charge is 0.394 e. The molecule has 1 aromatic rings. The molecule has 3 rings (SSSR count). The van der Waals surface area contributed by atoms with Crippen LogP contribution in [0, 0.1) is 0 Å². The zero-order chi connectivity index (χ0) is 17.4. The number of rotatable bonds is 6. The Morgan fingerprint density at radius 2 is 1.88 bits per heavy atom. The third-order valence-electron chi connectivity index (χ3n) is 4.44. The van der Waals surface area contributed by atoms with Crippen molar-refractivity contribution in [3.05, 3.63) is 35.9 Å². The van der Waals surface area contributed by atoms with Gasteiger partial charge in [-0.3, -0.25) is 0 Å². The normalized spacial score (nSPS) is 35.8. The summed E-state index contributed by atoms with van der Waals surface area (Å²) in [5.74, 6) is -0.888. The molecule has 134 valence electrons. The van der Waals surface area contributed by atoms with Gasteiger partial charge in [0.15, 0.2) is 17.7 Å². The highest BCUT2D eigenvalue weighted by atomic mass is 16.8. The van der Waals surface area contributed by atoms with Gasteiger partial charge >= 0.3 is 0 Å². The molecule has 0 aliphatic carbocycles. The lowest BCUT2D eigenvalue weighted by Gasteiger charge is -2.38. The molecule has 2 fully saturated rings. The van der Waals surface area contributed by atoms with E-state index in [2.05, 4.69) is 0 Å². The van der Waals surface area contributed by atoms with Crippen molar-refractivity contribution < 1.29 is 34.3 Å². The predicted octanol–water partition coefficient (Wildman–Crippen LogP) is 0.164. The van der Waals surface area contributed by atoms with Gasteiger partial charge in [0, 0.05) is 0 Å². The smallest absolute Gasteiger partial charge is 0.190 e. The summed E-state index contributed by atoms with van der Waals surface area (Å²) in [6, 6.07) is 9.46. The molecule has 1 unspecified atom stereocenters. The average molecular weight is 340 g/mol. The first-order chi connectivity index (χ1) is 11.4. The van der Waals surface area contributed by atoms with Crippen molar-refractivity contribution in [2.45, 2.75) is 56.4 Å². The lowest BCUT2D eigenvalue weighted by molar-refractivity contribution is -0.259. The number of aliphatic hydroxyl groups is 3. The molecular weight excluding hydrogens is 316 g/mol. The van der Waals surface area contributed by atoms with E-state index in [1.165, 1.54) is 0 Å². The Balaban J connectivity index is 1.86. The van der Waals surface area contributed by atoms with Crippen LogP contribution in [-0.2, 0) is 25.6 Å². The van der Waals surface area contributed by atoms with Crippen molar-refractivity contribution >= 4 is 0 Å². The molecule has 1 aromatic carbocycles. The molecule has 7 heteroatoms. The van der Waals surface area contributed by atoms with Crippen molar-refractivity contribution in [2.75, 3.05) is 13.2 Å². The topological polar surface area (TPSA) is 97.6 Å². The fraction of sp³-hybridized carbons (Fsp3) is 0.647. The molecule has 5 atom stereocenters. The van der Waals surface area contributed by atoms with Gasteiger partial charge in [0.05, 0.1) is 19.8 Å². The van der Waals surface area contributed by atoms with E-state index in [9.17, 15) is 15.3 Å². The fourth-order valence-corrected chi connectivity index (χ4v) is 3.28. The van der Waals surface area contributed by atoms with Crippen molar-refractivity contribution in [1.82, 2.24) is 0 Å². The monoisotopic (exact) mass is 340 g/mol. The zero-order valence-electron chi connectivity index (χ0n) is 13.8. The molecule has 2 aliphatic heterocycles. The minimum atomic E-state index is -1.34. The van der Waals surface area contributed by atoms with Gasteiger partial charge in [0.1, 0.15) is 18.3 Å². The summed E-state index contributed by atoms with van der Waals surface area (Å²) >= 11 is 0. The van der Waals surface area contributed by atoms with Gasteiger partial charge in [0.2, 0.25) is 0 Å². The number of hydrogen-bond acceptors (Lipinski definition) is 7. The quantitative estimate of drug-likeness (QED) is 0.679. The Bertz CT molecular complexity index is 549. The second-order valence-corrected chi connectivity index (χ2v) is 6.62. The molecular formula is C17H24O7. The van der Waals surface area contributed by atoms with Gasteiger partial charge in [0.25, 0.3) is 0 Å². The van der Waals surface area contributed by atoms with Gasteiger partial charge in [-0.1, -0.05) is 30.3 Å². The first-order valence-corrected chi connectivity index (χ1v) is 8.00. The Morgan fingerprint density at radius 1 is 1.17 bits per heavy atom. The van der Waals surface area contributed by atoms with Crippen molar-refractivity contribution in [1.29, 1.82) is 0 Å². The maximum Gasteiger partial charge on any atom is 0.190 e. The summed E-state index contributed by atoms with van der Waals surface area (Å²) in [6.45, 7) is 2.72. The van der Waals surface area contributed by atoms with Crippen LogP contribution < -0.4 is 0 Å². The van der Waals surface area contributed by atoms with Gasteiger partial charge in [-0.05, 0) is 19.4 Å². The maximum atomic E-state index is 10.1. The fourth-order valence-electron chi connectivity index (χ4n) is 3.28. The van der Waals surface area contributed by atoms with Crippen molar-refractivity contribution in [2.24, 2.45) is 0 Å². The van der Waals surface area contributed by atoms with Gasteiger partial charge < -0.3 is 34.3 Å². The van der Waals surface area contributed by atoms with E-state index in [0.29, 0.717) is 0 Å². The second kappa shape index (κ2) is 6.68. The van der Waals surface area contributed by atoms with E-state index >= 15 is 0 Å². The van der Waals surface area contributed by atoms with Crippen molar-refractivity contribution in [3.63, 3.8) is 0 Å². The average Bonchev–Trinajstić information content (AvgIpc) is 3.04. The van der Waals surface area contributed by atoms with E-state index in [1.807, 2.05) is 30.3 Å². The third kappa shape index (κ3) is 3.09. The molecule has 0 aromatic heterocycles. The molecule has 0 bridgehead atoms. The summed E-state index contributed by atoms with van der Waals surface area (Å²) in [7, 11) is 0. The molecule has 24 heavy (non-hydrogen) atoms. The van der Waals surface area contributed by atoms with Crippen LogP contribution in [0.5, 0.6) is 0 Å². The summed E-state index contributed by atoms with van der Waals surface area (Å²) < 4.78 is 23.3. The Hall–Kier alpha value is -1.06. The number of ether oxygens (including phenoxy) is 4. The van der Waals surface area contributed by atoms with Crippen LogP contribution in [0.2, 0.25) is 0 Å². The number of benzene rings is 1. The molecule has 0 amide bonds. The molecule has 7 nitrogen and oxygen atoms in total. The first kappa shape index (κ1) is 17.8. The van der Waals surface area contributed by atoms with E-state index in [-0.39, 0.29) is 6.61 Å². The summed E-state index contributed by atoms with van der Waals surface area (Å²) in [5, 5.41) is 29.5. The lowest BCUT2D eigenvalue weighted by atomic mass is 9.89. The molecule has 0 saturated carbocycles. The highest BCUT2D eigenvalue weighted by Gasteiger charge is 2.66. The van der Waals surface area contributed by atoms with Crippen LogP contribution >= 0.6 is 0 Å². The molecule has 2 heterocycles. The third-order valence-corrected chi connectivity index (χ3v) is 4.44. The second-order valence-electron chi connectivity index (χ2n) is 6.62. The zero-order valence-corrected chi connectivity index (χ0v) is 13.8. The molecule has 2 aliphatic rings. The molecule has 0 spiro atoms. The van der Waals surface area contributed by atoms with Crippen LogP contribution in [0.15, 0.2) is 30.3 Å². The predicted molar refractivity (Wildman–Crippen MR) is 82.8 cm³/mol. The Labute approximate surface area is 140 Å².